The van der Waals surface area contributed by atoms with E-state index >= 15 is 0 Å². The molecular weight excluding hydrogens is 272 g/mol. The first-order chi connectivity index (χ1) is 10.7. The van der Waals surface area contributed by atoms with Crippen molar-refractivity contribution in [1.82, 2.24) is 20.0 Å². The standard InChI is InChI=1S/C18H24N4/c1-18(8-9-19-13-18)14-21-10-7-17-15(12-21)11-20-22(17)16-5-3-2-4-6-16/h2-6,11,19H,7-10,12-14H2,1H3. The van der Waals surface area contributed by atoms with Crippen molar-refractivity contribution in [2.24, 2.45) is 5.41 Å². The average molecular weight is 296 g/mol. The van der Waals surface area contributed by atoms with Gasteiger partial charge in [0.15, 0.2) is 0 Å². The number of fused-ring (bicyclic) bond motifs is 1. The highest BCUT2D eigenvalue weighted by atomic mass is 15.3. The van der Waals surface area contributed by atoms with Crippen LogP contribution >= 0.6 is 0 Å². The van der Waals surface area contributed by atoms with Crippen molar-refractivity contribution in [1.29, 1.82) is 0 Å². The molecule has 1 atom stereocenters. The number of rotatable bonds is 3. The van der Waals surface area contributed by atoms with Gasteiger partial charge in [0, 0.05) is 43.9 Å². The van der Waals surface area contributed by atoms with E-state index in [4.69, 9.17) is 0 Å². The Balaban J connectivity index is 1.52. The highest BCUT2D eigenvalue weighted by molar-refractivity contribution is 5.35. The lowest BCUT2D eigenvalue weighted by Gasteiger charge is -2.34. The number of benzene rings is 1. The zero-order chi connectivity index (χ0) is 15.0. The molecule has 0 spiro atoms. The van der Waals surface area contributed by atoms with E-state index in [1.165, 1.54) is 36.5 Å². The number of para-hydroxylation sites is 1. The number of aromatic nitrogens is 2. The van der Waals surface area contributed by atoms with E-state index in [1.807, 2.05) is 0 Å². The van der Waals surface area contributed by atoms with Crippen LogP contribution in [0.2, 0.25) is 0 Å². The quantitative estimate of drug-likeness (QED) is 0.943. The number of nitrogens with zero attached hydrogens (tertiary/aromatic N) is 3. The van der Waals surface area contributed by atoms with E-state index in [0.29, 0.717) is 5.41 Å². The van der Waals surface area contributed by atoms with Crippen molar-refractivity contribution in [3.63, 3.8) is 0 Å². The first kappa shape index (κ1) is 14.0. The van der Waals surface area contributed by atoms with Crippen LogP contribution in [-0.4, -0.2) is 40.9 Å². The number of nitrogens with one attached hydrogen (secondary N) is 1. The van der Waals surface area contributed by atoms with E-state index in [0.717, 1.165) is 26.1 Å². The van der Waals surface area contributed by atoms with E-state index in [-0.39, 0.29) is 0 Å². The third kappa shape index (κ3) is 2.57. The molecule has 0 radical (unpaired) electrons. The zero-order valence-electron chi connectivity index (χ0n) is 13.3. The zero-order valence-corrected chi connectivity index (χ0v) is 13.3. The van der Waals surface area contributed by atoms with Gasteiger partial charge in [0.2, 0.25) is 0 Å². The van der Waals surface area contributed by atoms with Crippen LogP contribution in [0.4, 0.5) is 0 Å². The van der Waals surface area contributed by atoms with Gasteiger partial charge < -0.3 is 5.32 Å². The molecule has 2 aliphatic rings. The Kier molecular flexibility index (Phi) is 3.51. The predicted molar refractivity (Wildman–Crippen MR) is 88.1 cm³/mol. The van der Waals surface area contributed by atoms with Crippen molar-refractivity contribution in [2.45, 2.75) is 26.3 Å². The molecule has 0 aliphatic carbocycles. The third-order valence-corrected chi connectivity index (χ3v) is 5.08. The van der Waals surface area contributed by atoms with Gasteiger partial charge in [-0.25, -0.2) is 4.68 Å². The molecule has 1 saturated heterocycles. The Morgan fingerprint density at radius 1 is 1.27 bits per heavy atom. The Hall–Kier alpha value is -1.65. The van der Waals surface area contributed by atoms with Crippen molar-refractivity contribution in [3.05, 3.63) is 47.8 Å². The molecule has 22 heavy (non-hydrogen) atoms. The summed E-state index contributed by atoms with van der Waals surface area (Å²) in [7, 11) is 0. The summed E-state index contributed by atoms with van der Waals surface area (Å²) in [5.74, 6) is 0. The largest absolute Gasteiger partial charge is 0.316 e. The number of hydrogen-bond donors (Lipinski definition) is 1. The molecule has 4 heteroatoms. The van der Waals surface area contributed by atoms with E-state index < -0.39 is 0 Å². The van der Waals surface area contributed by atoms with Crippen LogP contribution in [0.25, 0.3) is 5.69 Å². The molecule has 2 aliphatic heterocycles. The van der Waals surface area contributed by atoms with E-state index in [1.54, 1.807) is 0 Å². The second kappa shape index (κ2) is 5.52. The maximum Gasteiger partial charge on any atom is 0.0648 e. The highest BCUT2D eigenvalue weighted by Gasteiger charge is 2.32. The topological polar surface area (TPSA) is 33.1 Å². The fourth-order valence-electron chi connectivity index (χ4n) is 3.86. The molecule has 3 heterocycles. The summed E-state index contributed by atoms with van der Waals surface area (Å²) in [4.78, 5) is 2.60. The van der Waals surface area contributed by atoms with Crippen LogP contribution in [0.5, 0.6) is 0 Å². The first-order valence-corrected chi connectivity index (χ1v) is 8.28. The second-order valence-corrected chi connectivity index (χ2v) is 7.06. The van der Waals surface area contributed by atoms with Gasteiger partial charge in [0.1, 0.15) is 0 Å². The fraction of sp³-hybridized carbons (Fsp3) is 0.500. The van der Waals surface area contributed by atoms with Gasteiger partial charge in [0.25, 0.3) is 0 Å². The molecule has 1 fully saturated rings. The minimum absolute atomic E-state index is 0.437. The van der Waals surface area contributed by atoms with Gasteiger partial charge in [-0.05, 0) is 30.5 Å². The summed E-state index contributed by atoms with van der Waals surface area (Å²) in [5, 5.41) is 8.13. The van der Waals surface area contributed by atoms with E-state index in [9.17, 15) is 0 Å². The lowest BCUT2D eigenvalue weighted by atomic mass is 9.88. The van der Waals surface area contributed by atoms with Crippen molar-refractivity contribution < 1.29 is 0 Å². The molecule has 0 bridgehead atoms. The Labute approximate surface area is 132 Å². The van der Waals surface area contributed by atoms with Crippen molar-refractivity contribution in [2.75, 3.05) is 26.2 Å². The molecule has 0 saturated carbocycles. The van der Waals surface area contributed by atoms with Gasteiger partial charge in [-0.15, -0.1) is 0 Å². The molecule has 1 N–H and O–H groups in total. The maximum atomic E-state index is 4.63. The van der Waals surface area contributed by atoms with Gasteiger partial charge in [-0.3, -0.25) is 4.90 Å². The van der Waals surface area contributed by atoms with Crippen LogP contribution in [-0.2, 0) is 13.0 Å². The van der Waals surface area contributed by atoms with Gasteiger partial charge in [-0.1, -0.05) is 25.1 Å². The monoisotopic (exact) mass is 296 g/mol. The fourth-order valence-corrected chi connectivity index (χ4v) is 3.86. The molecular formula is C18H24N4. The third-order valence-electron chi connectivity index (χ3n) is 5.08. The van der Waals surface area contributed by atoms with Crippen LogP contribution in [0.15, 0.2) is 36.5 Å². The van der Waals surface area contributed by atoms with Crippen LogP contribution < -0.4 is 5.32 Å². The molecule has 1 unspecified atom stereocenters. The van der Waals surface area contributed by atoms with Crippen molar-refractivity contribution >= 4 is 0 Å². The van der Waals surface area contributed by atoms with Crippen LogP contribution in [0, 0.1) is 5.41 Å². The normalized spacial score (nSPS) is 25.3. The molecule has 4 nitrogen and oxygen atoms in total. The summed E-state index contributed by atoms with van der Waals surface area (Å²) < 4.78 is 2.12. The Morgan fingerprint density at radius 3 is 2.91 bits per heavy atom. The maximum absolute atomic E-state index is 4.63. The average Bonchev–Trinajstić information content (AvgIpc) is 3.14. The molecule has 116 valence electrons. The smallest absolute Gasteiger partial charge is 0.0648 e. The van der Waals surface area contributed by atoms with Gasteiger partial charge in [-0.2, -0.15) is 5.10 Å². The van der Waals surface area contributed by atoms with Crippen LogP contribution in [0.3, 0.4) is 0 Å². The summed E-state index contributed by atoms with van der Waals surface area (Å²) >= 11 is 0. The van der Waals surface area contributed by atoms with E-state index in [2.05, 4.69) is 63.4 Å². The Bertz CT molecular complexity index is 640. The minimum Gasteiger partial charge on any atom is -0.316 e. The summed E-state index contributed by atoms with van der Waals surface area (Å²) in [6.45, 7) is 8.10. The van der Waals surface area contributed by atoms with Gasteiger partial charge in [0.05, 0.1) is 11.9 Å². The molecule has 1 aromatic carbocycles. The first-order valence-electron chi connectivity index (χ1n) is 8.28. The number of hydrogen-bond acceptors (Lipinski definition) is 3. The molecule has 4 rings (SSSR count). The SMILES string of the molecule is CC1(CN2CCc3c(cnn3-c3ccccc3)C2)CCNC1. The summed E-state index contributed by atoms with van der Waals surface area (Å²) in [6, 6.07) is 10.5. The van der Waals surface area contributed by atoms with Gasteiger partial charge >= 0.3 is 0 Å². The molecule has 1 aromatic heterocycles. The lowest BCUT2D eigenvalue weighted by molar-refractivity contribution is 0.163. The predicted octanol–water partition coefficient (Wildman–Crippen LogP) is 2.23. The Morgan fingerprint density at radius 2 is 2.14 bits per heavy atom. The molecule has 0 amide bonds. The summed E-state index contributed by atoms with van der Waals surface area (Å²) in [6.07, 6.45) is 4.44. The molecule has 2 aromatic rings. The lowest BCUT2D eigenvalue weighted by Crippen LogP contribution is -2.40. The minimum atomic E-state index is 0.437. The highest BCUT2D eigenvalue weighted by Crippen LogP contribution is 2.29. The second-order valence-electron chi connectivity index (χ2n) is 7.06. The summed E-state index contributed by atoms with van der Waals surface area (Å²) in [5.41, 5.74) is 4.39. The van der Waals surface area contributed by atoms with Crippen molar-refractivity contribution in [3.8, 4) is 5.69 Å². The van der Waals surface area contributed by atoms with Crippen LogP contribution in [0.1, 0.15) is 24.6 Å².